The lowest BCUT2D eigenvalue weighted by Crippen LogP contribution is -2.13. The van der Waals surface area contributed by atoms with Gasteiger partial charge in [-0.2, -0.15) is 0 Å². The molecule has 0 aliphatic heterocycles. The van der Waals surface area contributed by atoms with Crippen molar-refractivity contribution in [2.24, 2.45) is 0 Å². The lowest BCUT2D eigenvalue weighted by atomic mass is 9.76. The third-order valence-corrected chi connectivity index (χ3v) is 4.81. The summed E-state index contributed by atoms with van der Waals surface area (Å²) < 4.78 is 0. The minimum Gasteiger partial charge on any atom is -0.0654 e. The summed E-state index contributed by atoms with van der Waals surface area (Å²) >= 11 is 0. The molecule has 114 valence electrons. The van der Waals surface area contributed by atoms with Crippen LogP contribution in [0.25, 0.3) is 6.08 Å². The minimum absolute atomic E-state index is 0.622. The van der Waals surface area contributed by atoms with Crippen molar-refractivity contribution in [2.75, 3.05) is 0 Å². The van der Waals surface area contributed by atoms with Gasteiger partial charge in [0.1, 0.15) is 0 Å². The van der Waals surface area contributed by atoms with Crippen LogP contribution in [0.1, 0.15) is 61.6 Å². The fraction of sp³-hybridized carbons (Fsp3) is 0.364. The Hall–Kier alpha value is -1.82. The number of allylic oxidation sites excluding steroid dienone is 1. The van der Waals surface area contributed by atoms with E-state index in [-0.39, 0.29) is 0 Å². The second kappa shape index (κ2) is 7.45. The summed E-state index contributed by atoms with van der Waals surface area (Å²) in [6.45, 7) is 2.29. The largest absolute Gasteiger partial charge is 0.0654 e. The van der Waals surface area contributed by atoms with Crippen LogP contribution in [0.3, 0.4) is 0 Å². The van der Waals surface area contributed by atoms with Crippen molar-refractivity contribution in [3.63, 3.8) is 0 Å². The first-order valence-electron chi connectivity index (χ1n) is 8.72. The molecule has 0 saturated heterocycles. The quantitative estimate of drug-likeness (QED) is 0.560. The molecule has 0 heterocycles. The standard InChI is InChI=1S/C22H26/c1-2-3-5-13-22-20(17-18-10-6-4-7-11-18)16-15-19-12-8-9-14-21(19)22/h4,6-12,14,17,22H,2-3,5,13,15-16H2,1H3/b20-17+. The van der Waals surface area contributed by atoms with Crippen LogP contribution >= 0.6 is 0 Å². The maximum absolute atomic E-state index is 2.44. The van der Waals surface area contributed by atoms with Gasteiger partial charge in [-0.25, -0.2) is 0 Å². The Labute approximate surface area is 134 Å². The van der Waals surface area contributed by atoms with Gasteiger partial charge in [-0.15, -0.1) is 0 Å². The van der Waals surface area contributed by atoms with Gasteiger partial charge >= 0.3 is 0 Å². The van der Waals surface area contributed by atoms with Gasteiger partial charge in [0.05, 0.1) is 0 Å². The Bertz CT molecular complexity index is 621. The summed E-state index contributed by atoms with van der Waals surface area (Å²) in [5.74, 6) is 0.622. The van der Waals surface area contributed by atoms with Crippen molar-refractivity contribution in [2.45, 2.75) is 51.4 Å². The Morgan fingerprint density at radius 3 is 2.50 bits per heavy atom. The highest BCUT2D eigenvalue weighted by Gasteiger charge is 2.23. The molecule has 1 atom stereocenters. The zero-order valence-electron chi connectivity index (χ0n) is 13.6. The van der Waals surface area contributed by atoms with Crippen LogP contribution in [0.2, 0.25) is 0 Å². The van der Waals surface area contributed by atoms with Crippen LogP contribution in [0.15, 0.2) is 60.2 Å². The molecular weight excluding hydrogens is 264 g/mol. The van der Waals surface area contributed by atoms with E-state index >= 15 is 0 Å². The van der Waals surface area contributed by atoms with Gasteiger partial charge in [-0.05, 0) is 36.0 Å². The fourth-order valence-corrected chi connectivity index (χ4v) is 3.63. The van der Waals surface area contributed by atoms with Gasteiger partial charge in [0, 0.05) is 5.92 Å². The van der Waals surface area contributed by atoms with Crippen LogP contribution < -0.4 is 0 Å². The predicted molar refractivity (Wildman–Crippen MR) is 96.1 cm³/mol. The van der Waals surface area contributed by atoms with E-state index in [1.165, 1.54) is 44.1 Å². The zero-order valence-corrected chi connectivity index (χ0v) is 13.6. The molecule has 0 saturated carbocycles. The summed E-state index contributed by atoms with van der Waals surface area (Å²) in [6.07, 6.45) is 10.1. The molecule has 3 rings (SSSR count). The van der Waals surface area contributed by atoms with E-state index in [9.17, 15) is 0 Å². The maximum atomic E-state index is 2.44. The summed E-state index contributed by atoms with van der Waals surface area (Å²) in [4.78, 5) is 0. The molecule has 0 bridgehead atoms. The second-order valence-corrected chi connectivity index (χ2v) is 6.38. The molecular formula is C22H26. The first-order valence-corrected chi connectivity index (χ1v) is 8.72. The van der Waals surface area contributed by atoms with Gasteiger partial charge in [0.2, 0.25) is 0 Å². The van der Waals surface area contributed by atoms with Crippen molar-refractivity contribution in [3.8, 4) is 0 Å². The molecule has 0 heteroatoms. The van der Waals surface area contributed by atoms with E-state index in [4.69, 9.17) is 0 Å². The number of benzene rings is 2. The molecule has 0 spiro atoms. The monoisotopic (exact) mass is 290 g/mol. The minimum atomic E-state index is 0.622. The Morgan fingerprint density at radius 2 is 1.68 bits per heavy atom. The van der Waals surface area contributed by atoms with E-state index in [2.05, 4.69) is 67.6 Å². The van der Waals surface area contributed by atoms with E-state index in [1.807, 2.05) is 0 Å². The molecule has 2 aromatic rings. The molecule has 1 aliphatic rings. The van der Waals surface area contributed by atoms with Crippen LogP contribution in [0, 0.1) is 0 Å². The molecule has 0 N–H and O–H groups in total. The number of rotatable bonds is 5. The van der Waals surface area contributed by atoms with E-state index in [0.717, 1.165) is 0 Å². The van der Waals surface area contributed by atoms with Crippen LogP contribution in [-0.4, -0.2) is 0 Å². The molecule has 2 aromatic carbocycles. The van der Waals surface area contributed by atoms with Crippen LogP contribution in [0.4, 0.5) is 0 Å². The summed E-state index contributed by atoms with van der Waals surface area (Å²) in [5, 5.41) is 0. The number of unbranched alkanes of at least 4 members (excludes halogenated alkanes) is 2. The molecule has 0 nitrogen and oxygen atoms in total. The molecule has 0 radical (unpaired) electrons. The average molecular weight is 290 g/mol. The van der Waals surface area contributed by atoms with Crippen LogP contribution in [0.5, 0.6) is 0 Å². The third-order valence-electron chi connectivity index (χ3n) is 4.81. The van der Waals surface area contributed by atoms with Crippen molar-refractivity contribution < 1.29 is 0 Å². The highest BCUT2D eigenvalue weighted by Crippen LogP contribution is 2.40. The van der Waals surface area contributed by atoms with Crippen molar-refractivity contribution >= 4 is 6.08 Å². The number of hydrogen-bond donors (Lipinski definition) is 0. The molecule has 1 aliphatic carbocycles. The van der Waals surface area contributed by atoms with Crippen molar-refractivity contribution in [1.29, 1.82) is 0 Å². The Morgan fingerprint density at radius 1 is 0.909 bits per heavy atom. The number of aryl methyl sites for hydroxylation is 1. The highest BCUT2D eigenvalue weighted by molar-refractivity contribution is 5.57. The normalized spacial score (nSPS) is 19.1. The second-order valence-electron chi connectivity index (χ2n) is 6.38. The van der Waals surface area contributed by atoms with Crippen molar-refractivity contribution in [1.82, 2.24) is 0 Å². The molecule has 0 fully saturated rings. The van der Waals surface area contributed by atoms with E-state index in [0.29, 0.717) is 5.92 Å². The first-order chi connectivity index (χ1) is 10.9. The van der Waals surface area contributed by atoms with Crippen molar-refractivity contribution in [3.05, 3.63) is 76.9 Å². The lowest BCUT2D eigenvalue weighted by molar-refractivity contribution is 0.582. The molecule has 1 unspecified atom stereocenters. The highest BCUT2D eigenvalue weighted by atomic mass is 14.3. The summed E-state index contributed by atoms with van der Waals surface area (Å²) in [7, 11) is 0. The number of fused-ring (bicyclic) bond motifs is 1. The summed E-state index contributed by atoms with van der Waals surface area (Å²) in [5.41, 5.74) is 6.11. The average Bonchev–Trinajstić information content (AvgIpc) is 2.57. The Balaban J connectivity index is 1.90. The van der Waals surface area contributed by atoms with Gasteiger partial charge in [0.25, 0.3) is 0 Å². The fourth-order valence-electron chi connectivity index (χ4n) is 3.63. The number of hydrogen-bond acceptors (Lipinski definition) is 0. The van der Waals surface area contributed by atoms with E-state index in [1.54, 1.807) is 16.7 Å². The molecule has 0 aromatic heterocycles. The Kier molecular flexibility index (Phi) is 5.11. The lowest BCUT2D eigenvalue weighted by Gasteiger charge is -2.29. The third kappa shape index (κ3) is 3.50. The SMILES string of the molecule is CCCCCC1/C(=C/c2ccccc2)CCc2ccccc21. The van der Waals surface area contributed by atoms with Gasteiger partial charge < -0.3 is 0 Å². The zero-order chi connectivity index (χ0) is 15.2. The smallest absolute Gasteiger partial charge is 0.00543 e. The van der Waals surface area contributed by atoms with Gasteiger partial charge in [-0.3, -0.25) is 0 Å². The predicted octanol–water partition coefficient (Wildman–Crippen LogP) is 6.38. The van der Waals surface area contributed by atoms with E-state index < -0.39 is 0 Å². The molecule has 0 amide bonds. The van der Waals surface area contributed by atoms with Gasteiger partial charge in [0.15, 0.2) is 0 Å². The molecule has 22 heavy (non-hydrogen) atoms. The first kappa shape index (κ1) is 15.1. The van der Waals surface area contributed by atoms with Gasteiger partial charge in [-0.1, -0.05) is 92.4 Å². The summed E-state index contributed by atoms with van der Waals surface area (Å²) in [6, 6.07) is 19.9. The topological polar surface area (TPSA) is 0 Å². The maximum Gasteiger partial charge on any atom is 0.00543 e. The van der Waals surface area contributed by atoms with Crippen LogP contribution in [-0.2, 0) is 6.42 Å².